The van der Waals surface area contributed by atoms with Crippen LogP contribution < -0.4 is 4.90 Å². The monoisotopic (exact) mass is 471 g/mol. The number of aromatic nitrogens is 3. The fraction of sp³-hybridized carbons (Fsp3) is 0.407. The molecule has 2 saturated heterocycles. The van der Waals surface area contributed by atoms with Gasteiger partial charge in [0.2, 0.25) is 11.9 Å². The normalized spacial score (nSPS) is 20.8. The van der Waals surface area contributed by atoms with Gasteiger partial charge in [0.25, 0.3) is 0 Å². The average Bonchev–Trinajstić information content (AvgIpc) is 3.53. The Hall–Kier alpha value is -3.06. The van der Waals surface area contributed by atoms with Gasteiger partial charge in [-0.1, -0.05) is 30.8 Å². The predicted molar refractivity (Wildman–Crippen MR) is 135 cm³/mol. The maximum Gasteiger partial charge on any atom is 0.245 e. The third-order valence-electron chi connectivity index (χ3n) is 7.72. The molecule has 34 heavy (non-hydrogen) atoms. The lowest BCUT2D eigenvalue weighted by atomic mass is 9.79. The van der Waals surface area contributed by atoms with E-state index >= 15 is 0 Å². The van der Waals surface area contributed by atoms with E-state index in [1.807, 2.05) is 11.1 Å². The molecule has 174 valence electrons. The third-order valence-corrected chi connectivity index (χ3v) is 8.66. The molecule has 3 aromatic rings. The molecule has 1 unspecified atom stereocenters. The Morgan fingerprint density at radius 2 is 2.09 bits per heavy atom. The van der Waals surface area contributed by atoms with Crippen molar-refractivity contribution in [2.45, 2.75) is 38.5 Å². The molecule has 4 heterocycles. The molecular weight excluding hydrogens is 442 g/mol. The molecule has 1 atom stereocenters. The minimum atomic E-state index is 0.0316. The average molecular weight is 472 g/mol. The topological polar surface area (TPSA) is 62.2 Å². The number of thiazole rings is 1. The highest BCUT2D eigenvalue weighted by atomic mass is 32.1. The number of amides is 1. The first-order valence-corrected chi connectivity index (χ1v) is 12.9. The van der Waals surface area contributed by atoms with Gasteiger partial charge in [0, 0.05) is 60.2 Å². The van der Waals surface area contributed by atoms with Crippen LogP contribution in [0.15, 0.2) is 48.5 Å². The molecule has 1 spiro atoms. The van der Waals surface area contributed by atoms with Crippen LogP contribution in [0.3, 0.4) is 0 Å². The lowest BCUT2D eigenvalue weighted by Crippen LogP contribution is -2.59. The number of nitrogens with zero attached hydrogens (tertiary/aromatic N) is 5. The van der Waals surface area contributed by atoms with Crippen LogP contribution in [0.2, 0.25) is 0 Å². The summed E-state index contributed by atoms with van der Waals surface area (Å²) in [5.74, 6) is 1.29. The van der Waals surface area contributed by atoms with Crippen LogP contribution >= 0.6 is 11.3 Å². The number of aryl methyl sites for hydroxylation is 1. The number of benzene rings is 1. The first kappa shape index (κ1) is 21.5. The molecule has 3 aliphatic rings. The molecule has 1 amide bonds. The minimum absolute atomic E-state index is 0.0316. The molecule has 2 fully saturated rings. The molecule has 1 aliphatic carbocycles. The van der Waals surface area contributed by atoms with Crippen LogP contribution in [-0.2, 0) is 17.6 Å². The van der Waals surface area contributed by atoms with E-state index in [4.69, 9.17) is 9.97 Å². The second-order valence-electron chi connectivity index (χ2n) is 9.99. The summed E-state index contributed by atoms with van der Waals surface area (Å²) >= 11 is 1.75. The number of likely N-dealkylation sites (tertiary alicyclic amines) is 1. The number of fused-ring (bicyclic) bond motifs is 1. The Balaban J connectivity index is 1.34. The predicted octanol–water partition coefficient (Wildman–Crippen LogP) is 4.41. The lowest BCUT2D eigenvalue weighted by molar-refractivity contribution is -0.136. The van der Waals surface area contributed by atoms with E-state index in [0.29, 0.717) is 5.92 Å². The molecule has 0 N–H and O–H groups in total. The Labute approximate surface area is 204 Å². The van der Waals surface area contributed by atoms with Crippen molar-refractivity contribution in [2.75, 3.05) is 31.1 Å². The molecule has 0 saturated carbocycles. The Morgan fingerprint density at radius 1 is 1.24 bits per heavy atom. The van der Waals surface area contributed by atoms with E-state index in [-0.39, 0.29) is 11.3 Å². The van der Waals surface area contributed by atoms with Gasteiger partial charge in [-0.2, -0.15) is 0 Å². The summed E-state index contributed by atoms with van der Waals surface area (Å²) in [5.41, 5.74) is 6.17. The maximum atomic E-state index is 12.0. The number of hydrogen-bond acceptors (Lipinski definition) is 6. The van der Waals surface area contributed by atoms with Crippen molar-refractivity contribution in [3.8, 4) is 11.3 Å². The summed E-state index contributed by atoms with van der Waals surface area (Å²) in [6.45, 7) is 9.22. The van der Waals surface area contributed by atoms with Gasteiger partial charge in [-0.25, -0.2) is 15.0 Å². The fourth-order valence-electron chi connectivity index (χ4n) is 5.86. The van der Waals surface area contributed by atoms with Crippen LogP contribution in [0.5, 0.6) is 0 Å². The van der Waals surface area contributed by atoms with Crippen LogP contribution in [0, 0.1) is 12.3 Å². The van der Waals surface area contributed by atoms with Gasteiger partial charge >= 0.3 is 0 Å². The fourth-order valence-corrected chi connectivity index (χ4v) is 6.64. The van der Waals surface area contributed by atoms with Gasteiger partial charge in [0.1, 0.15) is 0 Å². The van der Waals surface area contributed by atoms with Crippen LogP contribution in [0.4, 0.5) is 5.95 Å². The number of hydrogen-bond donors (Lipinski definition) is 0. The van der Waals surface area contributed by atoms with Gasteiger partial charge in [-0.15, -0.1) is 11.3 Å². The maximum absolute atomic E-state index is 12.0. The third kappa shape index (κ3) is 3.63. The van der Waals surface area contributed by atoms with Crippen LogP contribution in [-0.4, -0.2) is 51.9 Å². The van der Waals surface area contributed by atoms with Gasteiger partial charge < -0.3 is 9.80 Å². The molecule has 2 aliphatic heterocycles. The highest BCUT2D eigenvalue weighted by Gasteiger charge is 2.49. The lowest BCUT2D eigenvalue weighted by Gasteiger charge is -2.47. The summed E-state index contributed by atoms with van der Waals surface area (Å²) in [6, 6.07) is 8.53. The van der Waals surface area contributed by atoms with Crippen molar-refractivity contribution in [1.29, 1.82) is 0 Å². The summed E-state index contributed by atoms with van der Waals surface area (Å²) < 4.78 is 0. The zero-order chi connectivity index (χ0) is 23.3. The van der Waals surface area contributed by atoms with Crippen LogP contribution in [0.25, 0.3) is 11.3 Å². The molecular formula is C27H29N5OS. The molecule has 2 aromatic heterocycles. The van der Waals surface area contributed by atoms with E-state index in [2.05, 4.69) is 53.0 Å². The first-order valence-electron chi connectivity index (χ1n) is 12.1. The van der Waals surface area contributed by atoms with Gasteiger partial charge in [-0.3, -0.25) is 4.79 Å². The second-order valence-corrected chi connectivity index (χ2v) is 10.9. The quantitative estimate of drug-likeness (QED) is 0.528. The molecule has 7 heteroatoms. The van der Waals surface area contributed by atoms with Crippen molar-refractivity contribution in [3.05, 3.63) is 70.3 Å². The minimum Gasteiger partial charge on any atom is -0.340 e. The van der Waals surface area contributed by atoms with E-state index < -0.39 is 0 Å². The molecule has 6 rings (SSSR count). The number of carbonyl (C=O) groups is 1. The van der Waals surface area contributed by atoms with Crippen LogP contribution in [0.1, 0.15) is 40.6 Å². The molecule has 0 radical (unpaired) electrons. The Bertz CT molecular complexity index is 1250. The highest BCUT2D eigenvalue weighted by Crippen LogP contribution is 2.42. The summed E-state index contributed by atoms with van der Waals surface area (Å²) in [7, 11) is 0. The van der Waals surface area contributed by atoms with Gasteiger partial charge in [-0.05, 0) is 44.2 Å². The number of anilines is 1. The summed E-state index contributed by atoms with van der Waals surface area (Å²) in [5, 5.41) is 3.28. The Kier molecular flexibility index (Phi) is 5.25. The molecule has 0 bridgehead atoms. The van der Waals surface area contributed by atoms with Crippen molar-refractivity contribution in [3.63, 3.8) is 0 Å². The zero-order valence-corrected chi connectivity index (χ0v) is 20.4. The summed E-state index contributed by atoms with van der Waals surface area (Å²) in [6.07, 6.45) is 7.36. The number of rotatable bonds is 4. The number of carbonyl (C=O) groups excluding carboxylic acids is 1. The molecule has 1 aromatic carbocycles. The summed E-state index contributed by atoms with van der Waals surface area (Å²) in [4.78, 5) is 31.1. The van der Waals surface area contributed by atoms with Gasteiger partial charge in [0.05, 0.1) is 16.4 Å². The van der Waals surface area contributed by atoms with E-state index in [1.54, 1.807) is 11.3 Å². The standard InChI is InChI=1S/C27H29N5OS/c1-3-23(33)32-16-27(17-32)10-12-31(15-27)26-29-22-14-19(25-28-11-13-34-25)8-9-21(22)24(30-26)20-7-5-4-6-18(20)2/h3-7,11,13,19H,1,8-10,12,14-17H2,2H3. The van der Waals surface area contributed by atoms with E-state index in [0.717, 1.165) is 63.5 Å². The van der Waals surface area contributed by atoms with E-state index in [9.17, 15) is 4.79 Å². The molecule has 6 nitrogen and oxygen atoms in total. The highest BCUT2D eigenvalue weighted by molar-refractivity contribution is 7.09. The smallest absolute Gasteiger partial charge is 0.245 e. The Morgan fingerprint density at radius 3 is 2.85 bits per heavy atom. The largest absolute Gasteiger partial charge is 0.340 e. The van der Waals surface area contributed by atoms with Crippen molar-refractivity contribution >= 4 is 23.2 Å². The zero-order valence-electron chi connectivity index (χ0n) is 19.5. The van der Waals surface area contributed by atoms with Crippen molar-refractivity contribution in [2.24, 2.45) is 5.41 Å². The van der Waals surface area contributed by atoms with E-state index in [1.165, 1.54) is 33.5 Å². The van der Waals surface area contributed by atoms with Gasteiger partial charge in [0.15, 0.2) is 0 Å². The first-order chi connectivity index (χ1) is 16.5. The van der Waals surface area contributed by atoms with Crippen molar-refractivity contribution in [1.82, 2.24) is 19.9 Å². The van der Waals surface area contributed by atoms with Crippen molar-refractivity contribution < 1.29 is 4.79 Å². The SMILES string of the molecule is C=CC(=O)N1CC2(CCN(c3nc4c(c(-c5ccccc5C)n3)CCC(c3nccs3)C4)C2)C1. The second kappa shape index (κ2) is 8.31.